The Bertz CT molecular complexity index is 841. The van der Waals surface area contributed by atoms with Crippen LogP contribution in [0, 0.1) is 11.8 Å². The smallest absolute Gasteiger partial charge is 0.387 e. The third kappa shape index (κ3) is 3.45. The van der Waals surface area contributed by atoms with Gasteiger partial charge >= 0.3 is 6.61 Å². The number of aromatic nitrogens is 3. The minimum Gasteiger partial charge on any atom is -0.431 e. The first-order valence-electron chi connectivity index (χ1n) is 9.92. The number of nitrogens with two attached hydrogens (primary N) is 1. The van der Waals surface area contributed by atoms with Crippen molar-refractivity contribution in [1.29, 1.82) is 0 Å². The highest BCUT2D eigenvalue weighted by Gasteiger charge is 2.57. The van der Waals surface area contributed by atoms with Crippen LogP contribution in [0.2, 0.25) is 0 Å². The Morgan fingerprint density at radius 1 is 1.29 bits per heavy atom. The summed E-state index contributed by atoms with van der Waals surface area (Å²) >= 11 is 0. The Kier molecular flexibility index (Phi) is 4.99. The van der Waals surface area contributed by atoms with Crippen molar-refractivity contribution in [2.75, 3.05) is 12.3 Å². The van der Waals surface area contributed by atoms with Crippen LogP contribution in [0.25, 0.3) is 11.3 Å². The predicted octanol–water partition coefficient (Wildman–Crippen LogP) is 3.81. The first-order chi connectivity index (χ1) is 13.4. The molecule has 152 valence electrons. The first kappa shape index (κ1) is 19.1. The molecule has 28 heavy (non-hydrogen) atoms. The van der Waals surface area contributed by atoms with Gasteiger partial charge in [0.2, 0.25) is 0 Å². The second-order valence-electron chi connectivity index (χ2n) is 8.06. The lowest BCUT2D eigenvalue weighted by molar-refractivity contribution is -0.0494. The van der Waals surface area contributed by atoms with Crippen LogP contribution in [0.1, 0.15) is 51.3 Å². The zero-order valence-corrected chi connectivity index (χ0v) is 16.4. The van der Waals surface area contributed by atoms with Gasteiger partial charge in [-0.1, -0.05) is 6.92 Å². The second kappa shape index (κ2) is 7.31. The number of halogens is 2. The van der Waals surface area contributed by atoms with E-state index in [4.69, 9.17) is 10.8 Å². The summed E-state index contributed by atoms with van der Waals surface area (Å²) in [4.78, 5) is 4.00. The third-order valence-electron chi connectivity index (χ3n) is 5.93. The molecule has 8 heteroatoms. The maximum Gasteiger partial charge on any atom is 0.387 e. The van der Waals surface area contributed by atoms with Crippen LogP contribution in [0.15, 0.2) is 18.3 Å². The molecule has 2 saturated carbocycles. The molecule has 2 aliphatic carbocycles. The van der Waals surface area contributed by atoms with Crippen LogP contribution < -0.4 is 15.8 Å². The van der Waals surface area contributed by atoms with E-state index in [1.54, 1.807) is 6.20 Å². The number of rotatable bonds is 7. The van der Waals surface area contributed by atoms with Crippen LogP contribution in [0.3, 0.4) is 0 Å². The molecule has 2 unspecified atom stereocenters. The van der Waals surface area contributed by atoms with Gasteiger partial charge in [-0.05, 0) is 57.2 Å². The molecule has 0 aliphatic heterocycles. The van der Waals surface area contributed by atoms with Crippen molar-refractivity contribution in [2.45, 2.75) is 58.2 Å². The summed E-state index contributed by atoms with van der Waals surface area (Å²) in [7, 11) is 0. The van der Waals surface area contributed by atoms with Gasteiger partial charge in [0.15, 0.2) is 11.6 Å². The van der Waals surface area contributed by atoms with E-state index in [2.05, 4.69) is 46.6 Å². The Balaban J connectivity index is 1.60. The minimum absolute atomic E-state index is 0.0567. The molecule has 2 aromatic heterocycles. The van der Waals surface area contributed by atoms with E-state index in [0.29, 0.717) is 35.1 Å². The molecule has 3 N–H and O–H groups in total. The van der Waals surface area contributed by atoms with E-state index in [1.165, 1.54) is 24.6 Å². The van der Waals surface area contributed by atoms with Crippen molar-refractivity contribution in [3.05, 3.63) is 24.0 Å². The van der Waals surface area contributed by atoms with Crippen molar-refractivity contribution < 1.29 is 13.5 Å². The topological polar surface area (TPSA) is 78.0 Å². The van der Waals surface area contributed by atoms with Gasteiger partial charge in [-0.25, -0.2) is 4.98 Å². The summed E-state index contributed by atoms with van der Waals surface area (Å²) in [6.07, 6.45) is 3.97. The Hall–Kier alpha value is -2.22. The van der Waals surface area contributed by atoms with Gasteiger partial charge in [-0.3, -0.25) is 4.68 Å². The first-order valence-corrected chi connectivity index (χ1v) is 9.92. The lowest BCUT2D eigenvalue weighted by atomic mass is 10.0. The van der Waals surface area contributed by atoms with Gasteiger partial charge in [0.25, 0.3) is 0 Å². The second-order valence-corrected chi connectivity index (χ2v) is 8.06. The molecular weight excluding hydrogens is 364 g/mol. The standard InChI is InChI=1S/C20H27F2N5O/c1-4-24-12-6-13-14(7-12)18(13)16-8-15(26-27(16)10(2)3)11-5-17(28-20(21)22)19(23)25-9-11/h5,8-10,12-14,18,20,24H,4,6-7H2,1-3H3,(H2,23,25)/t12?,13-,14+,18?. The van der Waals surface area contributed by atoms with Gasteiger partial charge in [0, 0.05) is 35.5 Å². The number of nitrogens with zero attached hydrogens (tertiary/aromatic N) is 3. The average Bonchev–Trinajstić information content (AvgIpc) is 2.99. The summed E-state index contributed by atoms with van der Waals surface area (Å²) in [5.41, 5.74) is 8.22. The fourth-order valence-corrected chi connectivity index (χ4v) is 4.73. The van der Waals surface area contributed by atoms with Gasteiger partial charge in [0.05, 0.1) is 5.69 Å². The van der Waals surface area contributed by atoms with Crippen LogP contribution in [-0.2, 0) is 0 Å². The molecule has 6 nitrogen and oxygen atoms in total. The van der Waals surface area contributed by atoms with Gasteiger partial charge in [-0.15, -0.1) is 0 Å². The zero-order chi connectivity index (χ0) is 20.0. The SMILES string of the molecule is CCNC1C[C@@H]2C(c3cc(-c4cnc(N)c(OC(F)F)c4)nn3C(C)C)[C@@H]2C1. The Morgan fingerprint density at radius 2 is 2.00 bits per heavy atom. The molecule has 0 bridgehead atoms. The number of ether oxygens (including phenoxy) is 1. The molecule has 0 saturated heterocycles. The molecular formula is C20H27F2N5O. The molecule has 2 heterocycles. The number of nitrogen functional groups attached to an aromatic ring is 1. The average molecular weight is 391 g/mol. The van der Waals surface area contributed by atoms with Crippen LogP contribution in [0.4, 0.5) is 14.6 Å². The van der Waals surface area contributed by atoms with E-state index in [0.717, 1.165) is 6.54 Å². The van der Waals surface area contributed by atoms with E-state index in [9.17, 15) is 8.78 Å². The van der Waals surface area contributed by atoms with E-state index < -0.39 is 6.61 Å². The van der Waals surface area contributed by atoms with Crippen molar-refractivity contribution in [2.24, 2.45) is 11.8 Å². The van der Waals surface area contributed by atoms with Crippen molar-refractivity contribution in [1.82, 2.24) is 20.1 Å². The van der Waals surface area contributed by atoms with E-state index >= 15 is 0 Å². The van der Waals surface area contributed by atoms with E-state index in [-0.39, 0.29) is 17.6 Å². The number of hydrogen-bond acceptors (Lipinski definition) is 5. The lowest BCUT2D eigenvalue weighted by Crippen LogP contribution is -2.27. The van der Waals surface area contributed by atoms with Crippen LogP contribution in [-0.4, -0.2) is 34.0 Å². The highest BCUT2D eigenvalue weighted by molar-refractivity contribution is 5.64. The fraction of sp³-hybridized carbons (Fsp3) is 0.600. The number of hydrogen-bond donors (Lipinski definition) is 2. The summed E-state index contributed by atoms with van der Waals surface area (Å²) in [6, 6.07) is 4.40. The molecule has 2 fully saturated rings. The highest BCUT2D eigenvalue weighted by Crippen LogP contribution is 2.63. The maximum atomic E-state index is 12.6. The van der Waals surface area contributed by atoms with Gasteiger partial charge < -0.3 is 15.8 Å². The number of fused-ring (bicyclic) bond motifs is 1. The minimum atomic E-state index is -2.95. The summed E-state index contributed by atoms with van der Waals surface area (Å²) in [5.74, 6) is 1.75. The Labute approximate surface area is 163 Å². The normalized spacial score (nSPS) is 26.1. The predicted molar refractivity (Wildman–Crippen MR) is 103 cm³/mol. The highest BCUT2D eigenvalue weighted by atomic mass is 19.3. The third-order valence-corrected chi connectivity index (χ3v) is 5.93. The monoisotopic (exact) mass is 391 g/mol. The van der Waals surface area contributed by atoms with Crippen LogP contribution in [0.5, 0.6) is 5.75 Å². The maximum absolute atomic E-state index is 12.6. The van der Waals surface area contributed by atoms with Crippen molar-refractivity contribution in [3.63, 3.8) is 0 Å². The molecule has 0 aromatic carbocycles. The van der Waals surface area contributed by atoms with Crippen molar-refractivity contribution >= 4 is 5.82 Å². The fourth-order valence-electron chi connectivity index (χ4n) is 4.73. The molecule has 0 spiro atoms. The van der Waals surface area contributed by atoms with Crippen LogP contribution >= 0.6 is 0 Å². The van der Waals surface area contributed by atoms with Crippen molar-refractivity contribution in [3.8, 4) is 17.0 Å². The molecule has 4 atom stereocenters. The molecule has 4 rings (SSSR count). The van der Waals surface area contributed by atoms with Gasteiger partial charge in [0.1, 0.15) is 0 Å². The number of nitrogens with one attached hydrogen (secondary N) is 1. The lowest BCUT2D eigenvalue weighted by Gasteiger charge is -2.16. The summed E-state index contributed by atoms with van der Waals surface area (Å²) in [6.45, 7) is 4.42. The molecule has 0 amide bonds. The summed E-state index contributed by atoms with van der Waals surface area (Å²) < 4.78 is 31.8. The Morgan fingerprint density at radius 3 is 2.61 bits per heavy atom. The quantitative estimate of drug-likeness (QED) is 0.750. The number of anilines is 1. The summed E-state index contributed by atoms with van der Waals surface area (Å²) in [5, 5.41) is 8.31. The number of alkyl halides is 2. The largest absolute Gasteiger partial charge is 0.431 e. The zero-order valence-electron chi connectivity index (χ0n) is 16.4. The molecule has 0 radical (unpaired) electrons. The number of pyridine rings is 1. The van der Waals surface area contributed by atoms with Gasteiger partial charge in [-0.2, -0.15) is 13.9 Å². The van der Waals surface area contributed by atoms with E-state index in [1.807, 2.05) is 0 Å². The molecule has 2 aromatic rings. The molecule has 2 aliphatic rings.